The average molecular weight is 401 g/mol. The van der Waals surface area contributed by atoms with Gasteiger partial charge in [0.05, 0.1) is 12.8 Å². The van der Waals surface area contributed by atoms with Gasteiger partial charge in [0, 0.05) is 17.7 Å². The lowest BCUT2D eigenvalue weighted by Crippen LogP contribution is -2.51. The molecule has 0 unspecified atom stereocenters. The van der Waals surface area contributed by atoms with Gasteiger partial charge >= 0.3 is 18.3 Å². The Bertz CT molecular complexity index is 792. The standard InChI is InChI=1S/C15H13F6NO5/c1-3-22-9-5-4-7(12(25,11(24)27-2)14(16,17)18)6-8(9)13(26,10(22)23)15(19,20)21/h4-6,25-26H,3H2,1-2H3/t12-,13+/m0/s1. The smallest absolute Gasteiger partial charge is 0.432 e. The molecule has 1 amide bonds. The molecule has 0 fully saturated rings. The fraction of sp³-hybridized carbons (Fsp3) is 0.467. The minimum Gasteiger partial charge on any atom is -0.466 e. The van der Waals surface area contributed by atoms with E-state index >= 15 is 0 Å². The van der Waals surface area contributed by atoms with Crippen molar-refractivity contribution in [3.8, 4) is 0 Å². The van der Waals surface area contributed by atoms with Gasteiger partial charge in [0.25, 0.3) is 17.1 Å². The number of anilines is 1. The zero-order chi connectivity index (χ0) is 21.0. The monoisotopic (exact) mass is 401 g/mol. The van der Waals surface area contributed by atoms with E-state index < -0.39 is 52.2 Å². The van der Waals surface area contributed by atoms with Crippen LogP contribution in [0.1, 0.15) is 18.1 Å². The number of halogens is 6. The van der Waals surface area contributed by atoms with Crippen LogP contribution in [0.3, 0.4) is 0 Å². The molecule has 6 nitrogen and oxygen atoms in total. The highest BCUT2D eigenvalue weighted by Gasteiger charge is 2.68. The molecule has 2 atom stereocenters. The Morgan fingerprint density at radius 1 is 1.22 bits per heavy atom. The summed E-state index contributed by atoms with van der Waals surface area (Å²) in [6.45, 7) is 0.975. The number of amides is 1. The zero-order valence-corrected chi connectivity index (χ0v) is 13.8. The number of benzene rings is 1. The zero-order valence-electron chi connectivity index (χ0n) is 13.8. The predicted molar refractivity (Wildman–Crippen MR) is 76.4 cm³/mol. The van der Waals surface area contributed by atoms with Gasteiger partial charge in [-0.05, 0) is 19.1 Å². The highest BCUT2D eigenvalue weighted by atomic mass is 19.4. The van der Waals surface area contributed by atoms with Gasteiger partial charge < -0.3 is 19.8 Å². The number of likely N-dealkylation sites (N-methyl/N-ethyl adjacent to an activating group) is 1. The summed E-state index contributed by atoms with van der Waals surface area (Å²) in [6.07, 6.45) is -11.2. The Balaban J connectivity index is 2.82. The van der Waals surface area contributed by atoms with Crippen LogP contribution < -0.4 is 4.90 Å². The second kappa shape index (κ2) is 6.09. The number of carbonyl (C=O) groups is 2. The number of esters is 1. The van der Waals surface area contributed by atoms with E-state index in [4.69, 9.17) is 0 Å². The van der Waals surface area contributed by atoms with Gasteiger partial charge in [-0.2, -0.15) is 26.3 Å². The van der Waals surface area contributed by atoms with E-state index in [1.165, 1.54) is 6.92 Å². The van der Waals surface area contributed by atoms with E-state index in [-0.39, 0.29) is 12.6 Å². The van der Waals surface area contributed by atoms with Crippen molar-refractivity contribution < 1.29 is 50.9 Å². The van der Waals surface area contributed by atoms with E-state index in [0.717, 1.165) is 0 Å². The summed E-state index contributed by atoms with van der Waals surface area (Å²) < 4.78 is 84.1. The summed E-state index contributed by atoms with van der Waals surface area (Å²) in [5.74, 6) is -4.00. The SMILES string of the molecule is CCN1C(=O)[C@@](O)(C(F)(F)F)c2cc([C@](O)(C(=O)OC)C(F)(F)F)ccc21. The third-order valence-corrected chi connectivity index (χ3v) is 4.27. The van der Waals surface area contributed by atoms with Gasteiger partial charge in [0.15, 0.2) is 0 Å². The molecule has 0 radical (unpaired) electrons. The normalized spacial score (nSPS) is 22.4. The lowest BCUT2D eigenvalue weighted by molar-refractivity contribution is -0.267. The lowest BCUT2D eigenvalue weighted by Gasteiger charge is -2.29. The van der Waals surface area contributed by atoms with Crippen molar-refractivity contribution in [1.29, 1.82) is 0 Å². The molecule has 27 heavy (non-hydrogen) atoms. The van der Waals surface area contributed by atoms with Crippen molar-refractivity contribution in [2.24, 2.45) is 0 Å². The highest BCUT2D eigenvalue weighted by molar-refractivity contribution is 6.07. The number of alkyl halides is 6. The fourth-order valence-electron chi connectivity index (χ4n) is 2.84. The Morgan fingerprint density at radius 3 is 2.19 bits per heavy atom. The third-order valence-electron chi connectivity index (χ3n) is 4.27. The molecule has 1 aromatic carbocycles. The molecular weight excluding hydrogens is 388 g/mol. The fourth-order valence-corrected chi connectivity index (χ4v) is 2.84. The van der Waals surface area contributed by atoms with Crippen molar-refractivity contribution in [3.63, 3.8) is 0 Å². The quantitative estimate of drug-likeness (QED) is 0.595. The van der Waals surface area contributed by atoms with Crippen LogP contribution in [0.25, 0.3) is 0 Å². The Hall–Kier alpha value is -2.34. The number of ether oxygens (including phenoxy) is 1. The first kappa shape index (κ1) is 21.0. The Morgan fingerprint density at radius 2 is 1.78 bits per heavy atom. The molecule has 1 aliphatic rings. The highest BCUT2D eigenvalue weighted by Crippen LogP contribution is 2.51. The van der Waals surface area contributed by atoms with Crippen LogP contribution in [0.5, 0.6) is 0 Å². The molecular formula is C15H13F6NO5. The second-order valence-electron chi connectivity index (χ2n) is 5.69. The number of hydrogen-bond donors (Lipinski definition) is 2. The van der Waals surface area contributed by atoms with Crippen molar-refractivity contribution in [2.75, 3.05) is 18.6 Å². The number of methoxy groups -OCH3 is 1. The summed E-state index contributed by atoms with van der Waals surface area (Å²) >= 11 is 0. The van der Waals surface area contributed by atoms with Crippen LogP contribution in [-0.4, -0.2) is 48.1 Å². The van der Waals surface area contributed by atoms with Crippen molar-refractivity contribution in [3.05, 3.63) is 29.3 Å². The third kappa shape index (κ3) is 2.65. The number of fused-ring (bicyclic) bond motifs is 1. The molecule has 1 heterocycles. The van der Waals surface area contributed by atoms with Gasteiger partial charge in [0.2, 0.25) is 0 Å². The topological polar surface area (TPSA) is 87.1 Å². The maximum Gasteiger partial charge on any atom is 0.432 e. The minimum atomic E-state index is -5.66. The first-order valence-electron chi connectivity index (χ1n) is 7.31. The van der Waals surface area contributed by atoms with Crippen LogP contribution in [-0.2, 0) is 25.5 Å². The number of rotatable bonds is 3. The summed E-state index contributed by atoms with van der Waals surface area (Å²) in [4.78, 5) is 24.2. The van der Waals surface area contributed by atoms with Gasteiger partial charge in [-0.25, -0.2) is 4.79 Å². The maximum absolute atomic E-state index is 13.4. The van der Waals surface area contributed by atoms with E-state index in [1.54, 1.807) is 0 Å². The first-order valence-corrected chi connectivity index (χ1v) is 7.31. The van der Waals surface area contributed by atoms with E-state index in [2.05, 4.69) is 4.74 Å². The van der Waals surface area contributed by atoms with Gasteiger partial charge in [-0.3, -0.25) is 4.79 Å². The summed E-state index contributed by atoms with van der Waals surface area (Å²) in [6, 6.07) is 1.33. The first-order chi connectivity index (χ1) is 12.2. The van der Waals surface area contributed by atoms with E-state index in [9.17, 15) is 46.1 Å². The van der Waals surface area contributed by atoms with Crippen LogP contribution in [0, 0.1) is 0 Å². The summed E-state index contributed by atoms with van der Waals surface area (Å²) in [5.41, 5.74) is -11.5. The minimum absolute atomic E-state index is 0.126. The average Bonchev–Trinajstić information content (AvgIpc) is 2.80. The molecule has 2 rings (SSSR count). The number of aliphatic hydroxyl groups is 2. The predicted octanol–water partition coefficient (Wildman–Crippen LogP) is 1.73. The Labute approximate surface area is 147 Å². The van der Waals surface area contributed by atoms with Crippen molar-refractivity contribution >= 4 is 17.6 Å². The molecule has 12 heteroatoms. The molecule has 2 N–H and O–H groups in total. The largest absolute Gasteiger partial charge is 0.466 e. The summed E-state index contributed by atoms with van der Waals surface area (Å²) in [5, 5.41) is 20.0. The van der Waals surface area contributed by atoms with Crippen LogP contribution >= 0.6 is 0 Å². The van der Waals surface area contributed by atoms with Crippen molar-refractivity contribution in [1.82, 2.24) is 0 Å². The van der Waals surface area contributed by atoms with Gasteiger partial charge in [0.1, 0.15) is 0 Å². The maximum atomic E-state index is 13.4. The Kier molecular flexibility index (Phi) is 4.73. The second-order valence-corrected chi connectivity index (χ2v) is 5.69. The van der Waals surface area contributed by atoms with Gasteiger partial charge in [-0.15, -0.1) is 0 Å². The lowest BCUT2D eigenvalue weighted by atomic mass is 9.87. The molecule has 0 bridgehead atoms. The van der Waals surface area contributed by atoms with Crippen LogP contribution in [0.2, 0.25) is 0 Å². The van der Waals surface area contributed by atoms with Crippen LogP contribution in [0.15, 0.2) is 18.2 Å². The van der Waals surface area contributed by atoms with Crippen molar-refractivity contribution in [2.45, 2.75) is 30.5 Å². The van der Waals surface area contributed by atoms with Gasteiger partial charge in [-0.1, -0.05) is 6.07 Å². The molecule has 150 valence electrons. The molecule has 0 spiro atoms. The van der Waals surface area contributed by atoms with E-state index in [1.807, 2.05) is 0 Å². The molecule has 0 saturated heterocycles. The molecule has 0 aromatic heterocycles. The molecule has 1 aliphatic heterocycles. The number of nitrogens with zero attached hydrogens (tertiary/aromatic N) is 1. The number of carbonyl (C=O) groups excluding carboxylic acids is 2. The molecule has 0 saturated carbocycles. The molecule has 0 aliphatic carbocycles. The summed E-state index contributed by atoms with van der Waals surface area (Å²) in [7, 11) is 0.542. The molecule has 1 aromatic rings. The van der Waals surface area contributed by atoms with Crippen LogP contribution in [0.4, 0.5) is 32.0 Å². The van der Waals surface area contributed by atoms with E-state index in [0.29, 0.717) is 24.1 Å². The number of hydrogen-bond acceptors (Lipinski definition) is 5.